The standard InChI is InChI=1S/C16H16ClN3O2S/c1-10-12(17)3-5-15(19-10)20-16(23)18-9-11-2-4-13-14(8-11)22-7-6-21-13/h2-5,8H,6-7,9H2,1H3,(H2,18,19,20,23). The molecule has 2 N–H and O–H groups in total. The van der Waals surface area contributed by atoms with Crippen LogP contribution in [0.2, 0.25) is 5.02 Å². The molecule has 0 saturated carbocycles. The number of nitrogens with zero attached hydrogens (tertiary/aromatic N) is 1. The molecule has 0 unspecified atom stereocenters. The summed E-state index contributed by atoms with van der Waals surface area (Å²) in [5.41, 5.74) is 1.81. The third-order valence-electron chi connectivity index (χ3n) is 3.32. The third-order valence-corrected chi connectivity index (χ3v) is 3.97. The minimum atomic E-state index is 0.495. The molecule has 0 spiro atoms. The van der Waals surface area contributed by atoms with Crippen LogP contribution in [0.1, 0.15) is 11.3 Å². The normalized spacial score (nSPS) is 12.6. The minimum absolute atomic E-state index is 0.495. The summed E-state index contributed by atoms with van der Waals surface area (Å²) in [7, 11) is 0. The van der Waals surface area contributed by atoms with Crippen LogP contribution in [-0.2, 0) is 6.54 Å². The van der Waals surface area contributed by atoms with Gasteiger partial charge in [-0.3, -0.25) is 0 Å². The lowest BCUT2D eigenvalue weighted by Gasteiger charge is -2.19. The van der Waals surface area contributed by atoms with E-state index >= 15 is 0 Å². The van der Waals surface area contributed by atoms with Gasteiger partial charge in [-0.25, -0.2) is 4.98 Å². The van der Waals surface area contributed by atoms with Crippen molar-refractivity contribution in [3.8, 4) is 11.5 Å². The van der Waals surface area contributed by atoms with Gasteiger partial charge in [-0.05, 0) is 49.0 Å². The molecule has 0 saturated heterocycles. The first kappa shape index (κ1) is 15.8. The van der Waals surface area contributed by atoms with Crippen molar-refractivity contribution in [2.45, 2.75) is 13.5 Å². The molecule has 1 aliphatic heterocycles. The van der Waals surface area contributed by atoms with E-state index in [9.17, 15) is 0 Å². The first-order valence-corrected chi connectivity index (χ1v) is 7.97. The fourth-order valence-electron chi connectivity index (χ4n) is 2.15. The Bertz CT molecular complexity index is 739. The van der Waals surface area contributed by atoms with E-state index in [0.717, 1.165) is 22.8 Å². The van der Waals surface area contributed by atoms with Gasteiger partial charge in [0.25, 0.3) is 0 Å². The number of hydrogen-bond donors (Lipinski definition) is 2. The van der Waals surface area contributed by atoms with Crippen molar-refractivity contribution in [3.05, 3.63) is 46.6 Å². The number of aromatic nitrogens is 1. The van der Waals surface area contributed by atoms with Crippen molar-refractivity contribution in [1.29, 1.82) is 0 Å². The summed E-state index contributed by atoms with van der Waals surface area (Å²) in [6, 6.07) is 9.41. The molecule has 0 amide bonds. The van der Waals surface area contributed by atoms with Crippen LogP contribution in [0.3, 0.4) is 0 Å². The van der Waals surface area contributed by atoms with E-state index in [0.29, 0.717) is 35.7 Å². The Kier molecular flexibility index (Phi) is 4.83. The highest BCUT2D eigenvalue weighted by atomic mass is 35.5. The molecule has 1 aliphatic rings. The summed E-state index contributed by atoms with van der Waals surface area (Å²) >= 11 is 11.2. The molecule has 0 bridgehead atoms. The van der Waals surface area contributed by atoms with Gasteiger partial charge in [-0.2, -0.15) is 0 Å². The van der Waals surface area contributed by atoms with E-state index in [2.05, 4.69) is 15.6 Å². The van der Waals surface area contributed by atoms with Crippen molar-refractivity contribution in [1.82, 2.24) is 10.3 Å². The van der Waals surface area contributed by atoms with Crippen LogP contribution in [0.25, 0.3) is 0 Å². The second-order valence-electron chi connectivity index (χ2n) is 5.05. The van der Waals surface area contributed by atoms with Crippen LogP contribution in [0.5, 0.6) is 11.5 Å². The summed E-state index contributed by atoms with van der Waals surface area (Å²) in [5, 5.41) is 7.30. The quantitative estimate of drug-likeness (QED) is 0.829. The molecule has 7 heteroatoms. The lowest BCUT2D eigenvalue weighted by molar-refractivity contribution is 0.171. The fraction of sp³-hybridized carbons (Fsp3) is 0.250. The maximum Gasteiger partial charge on any atom is 0.172 e. The average Bonchev–Trinajstić information content (AvgIpc) is 2.56. The molecule has 0 fully saturated rings. The number of hydrogen-bond acceptors (Lipinski definition) is 4. The molecule has 1 aromatic carbocycles. The molecule has 2 heterocycles. The lowest BCUT2D eigenvalue weighted by atomic mass is 10.2. The van der Waals surface area contributed by atoms with Crippen LogP contribution >= 0.6 is 23.8 Å². The molecule has 1 aromatic heterocycles. The fourth-order valence-corrected chi connectivity index (χ4v) is 2.44. The maximum absolute atomic E-state index is 5.96. The first-order chi connectivity index (χ1) is 11.1. The number of aryl methyl sites for hydroxylation is 1. The first-order valence-electron chi connectivity index (χ1n) is 7.18. The molecule has 2 aromatic rings. The van der Waals surface area contributed by atoms with Crippen LogP contribution in [-0.4, -0.2) is 23.3 Å². The molecular weight excluding hydrogens is 334 g/mol. The SMILES string of the molecule is Cc1nc(NC(=S)NCc2ccc3c(c2)OCCO3)ccc1Cl. The second kappa shape index (κ2) is 7.02. The summed E-state index contributed by atoms with van der Waals surface area (Å²) < 4.78 is 11.1. The van der Waals surface area contributed by atoms with Gasteiger partial charge in [0.15, 0.2) is 16.6 Å². The van der Waals surface area contributed by atoms with Crippen molar-refractivity contribution >= 4 is 34.7 Å². The van der Waals surface area contributed by atoms with E-state index in [1.807, 2.05) is 25.1 Å². The Hall–Kier alpha value is -2.05. The highest BCUT2D eigenvalue weighted by Crippen LogP contribution is 2.30. The molecule has 23 heavy (non-hydrogen) atoms. The zero-order valence-corrected chi connectivity index (χ0v) is 14.1. The van der Waals surface area contributed by atoms with Crippen molar-refractivity contribution < 1.29 is 9.47 Å². The van der Waals surface area contributed by atoms with Gasteiger partial charge in [-0.15, -0.1) is 0 Å². The van der Waals surface area contributed by atoms with E-state index < -0.39 is 0 Å². The zero-order valence-electron chi connectivity index (χ0n) is 12.6. The Morgan fingerprint density at radius 3 is 2.78 bits per heavy atom. The summed E-state index contributed by atoms with van der Waals surface area (Å²) in [4.78, 5) is 4.32. The number of thiocarbonyl (C=S) groups is 1. The Balaban J connectivity index is 1.57. The smallest absolute Gasteiger partial charge is 0.172 e. The molecule has 3 rings (SSSR count). The number of fused-ring (bicyclic) bond motifs is 1. The lowest BCUT2D eigenvalue weighted by Crippen LogP contribution is -2.28. The van der Waals surface area contributed by atoms with Crippen molar-refractivity contribution in [3.63, 3.8) is 0 Å². The monoisotopic (exact) mass is 349 g/mol. The van der Waals surface area contributed by atoms with Crippen molar-refractivity contribution in [2.75, 3.05) is 18.5 Å². The number of nitrogens with one attached hydrogen (secondary N) is 2. The predicted octanol–water partition coefficient (Wildman–Crippen LogP) is 3.30. The van der Waals surface area contributed by atoms with Crippen LogP contribution < -0.4 is 20.1 Å². The summed E-state index contributed by atoms with van der Waals surface area (Å²) in [5.74, 6) is 2.21. The Morgan fingerprint density at radius 2 is 2.00 bits per heavy atom. The van der Waals surface area contributed by atoms with E-state index in [1.165, 1.54) is 0 Å². The highest BCUT2D eigenvalue weighted by molar-refractivity contribution is 7.80. The van der Waals surface area contributed by atoms with Gasteiger partial charge >= 0.3 is 0 Å². The van der Waals surface area contributed by atoms with Gasteiger partial charge in [0.1, 0.15) is 19.0 Å². The Labute approximate surface area is 145 Å². The van der Waals surface area contributed by atoms with Crippen LogP contribution in [0.15, 0.2) is 30.3 Å². The molecule has 120 valence electrons. The summed E-state index contributed by atoms with van der Waals surface area (Å²) in [6.07, 6.45) is 0. The Morgan fingerprint density at radius 1 is 1.22 bits per heavy atom. The number of rotatable bonds is 3. The minimum Gasteiger partial charge on any atom is -0.486 e. The van der Waals surface area contributed by atoms with Gasteiger partial charge in [-0.1, -0.05) is 17.7 Å². The largest absolute Gasteiger partial charge is 0.486 e. The second-order valence-corrected chi connectivity index (χ2v) is 5.86. The highest BCUT2D eigenvalue weighted by Gasteiger charge is 2.11. The molecular formula is C16H16ClN3O2S. The molecule has 0 radical (unpaired) electrons. The number of pyridine rings is 1. The summed E-state index contributed by atoms with van der Waals surface area (Å²) in [6.45, 7) is 3.59. The van der Waals surface area contributed by atoms with Gasteiger partial charge in [0.2, 0.25) is 0 Å². The predicted molar refractivity (Wildman–Crippen MR) is 94.5 cm³/mol. The van der Waals surface area contributed by atoms with Gasteiger partial charge in [0, 0.05) is 6.54 Å². The van der Waals surface area contributed by atoms with Crippen molar-refractivity contribution in [2.24, 2.45) is 0 Å². The average molecular weight is 350 g/mol. The van der Waals surface area contributed by atoms with Gasteiger partial charge < -0.3 is 20.1 Å². The third kappa shape index (κ3) is 4.03. The number of anilines is 1. The molecule has 5 nitrogen and oxygen atoms in total. The zero-order chi connectivity index (χ0) is 16.2. The molecule has 0 aliphatic carbocycles. The number of ether oxygens (including phenoxy) is 2. The molecule has 0 atom stereocenters. The van der Waals surface area contributed by atoms with Crippen LogP contribution in [0.4, 0.5) is 5.82 Å². The van der Waals surface area contributed by atoms with E-state index in [4.69, 9.17) is 33.3 Å². The van der Waals surface area contributed by atoms with E-state index in [1.54, 1.807) is 12.1 Å². The maximum atomic E-state index is 5.96. The number of benzene rings is 1. The number of halogens is 1. The topological polar surface area (TPSA) is 55.4 Å². The van der Waals surface area contributed by atoms with Gasteiger partial charge in [0.05, 0.1) is 10.7 Å². The van der Waals surface area contributed by atoms with Crippen LogP contribution in [0, 0.1) is 6.92 Å². The van der Waals surface area contributed by atoms with E-state index in [-0.39, 0.29) is 0 Å².